The number of aromatic amines is 1. The fourth-order valence-electron chi connectivity index (χ4n) is 3.43. The van der Waals surface area contributed by atoms with Gasteiger partial charge < -0.3 is 26.0 Å². The predicted octanol–water partition coefficient (Wildman–Crippen LogP) is 2.13. The van der Waals surface area contributed by atoms with Crippen molar-refractivity contribution in [2.75, 3.05) is 18.0 Å². The average Bonchev–Trinajstić information content (AvgIpc) is 3.14. The summed E-state index contributed by atoms with van der Waals surface area (Å²) in [6.07, 6.45) is 2.30. The molecule has 1 unspecified atom stereocenters. The van der Waals surface area contributed by atoms with Crippen molar-refractivity contribution >= 4 is 28.5 Å². The van der Waals surface area contributed by atoms with Gasteiger partial charge in [0.2, 0.25) is 5.91 Å². The molecule has 2 atom stereocenters. The monoisotopic (exact) mass is 394 g/mol. The summed E-state index contributed by atoms with van der Waals surface area (Å²) in [6, 6.07) is 16.1. The van der Waals surface area contributed by atoms with Gasteiger partial charge in [-0.2, -0.15) is 0 Å². The van der Waals surface area contributed by atoms with E-state index >= 15 is 0 Å². The second kappa shape index (κ2) is 9.25. The summed E-state index contributed by atoms with van der Waals surface area (Å²) in [4.78, 5) is 28.5. The van der Waals surface area contributed by atoms with Crippen LogP contribution in [0.1, 0.15) is 12.5 Å². The SMILES string of the molecule is C[C@@H](C(=O)O)N(CCNC(Cc1ccccc1)C(N)=O)c1c[nH]c2ccccc12. The number of hydrogen-bond acceptors (Lipinski definition) is 4. The number of carboxylic acids is 1. The van der Waals surface area contributed by atoms with E-state index in [-0.39, 0.29) is 0 Å². The van der Waals surface area contributed by atoms with Gasteiger partial charge in [0.15, 0.2) is 0 Å². The zero-order valence-electron chi connectivity index (χ0n) is 16.3. The van der Waals surface area contributed by atoms with Crippen LogP contribution < -0.4 is 16.0 Å². The number of hydrogen-bond donors (Lipinski definition) is 4. The predicted molar refractivity (Wildman–Crippen MR) is 114 cm³/mol. The first-order valence-electron chi connectivity index (χ1n) is 9.59. The molecule has 7 nitrogen and oxygen atoms in total. The van der Waals surface area contributed by atoms with Crippen LogP contribution >= 0.6 is 0 Å². The van der Waals surface area contributed by atoms with E-state index in [9.17, 15) is 14.7 Å². The first kappa shape index (κ1) is 20.4. The van der Waals surface area contributed by atoms with Crippen molar-refractivity contribution in [2.24, 2.45) is 5.73 Å². The molecule has 152 valence electrons. The number of carboxylic acid groups (broad SMARTS) is 1. The van der Waals surface area contributed by atoms with E-state index in [4.69, 9.17) is 5.73 Å². The largest absolute Gasteiger partial charge is 0.480 e. The smallest absolute Gasteiger partial charge is 0.326 e. The topological polar surface area (TPSA) is 111 Å². The maximum atomic E-state index is 11.9. The highest BCUT2D eigenvalue weighted by atomic mass is 16.4. The number of primary amides is 1. The van der Waals surface area contributed by atoms with Gasteiger partial charge in [0, 0.05) is 30.2 Å². The Balaban J connectivity index is 1.73. The van der Waals surface area contributed by atoms with E-state index in [2.05, 4.69) is 10.3 Å². The third kappa shape index (κ3) is 4.94. The van der Waals surface area contributed by atoms with Gasteiger partial charge in [0.25, 0.3) is 0 Å². The van der Waals surface area contributed by atoms with Crippen molar-refractivity contribution in [3.05, 3.63) is 66.4 Å². The Kier molecular flexibility index (Phi) is 6.51. The highest BCUT2D eigenvalue weighted by Gasteiger charge is 2.24. The Morgan fingerprint density at radius 2 is 1.83 bits per heavy atom. The van der Waals surface area contributed by atoms with Crippen molar-refractivity contribution in [3.8, 4) is 0 Å². The maximum Gasteiger partial charge on any atom is 0.326 e. The second-order valence-corrected chi connectivity index (χ2v) is 7.03. The quantitative estimate of drug-likeness (QED) is 0.421. The number of nitrogens with two attached hydrogens (primary N) is 1. The third-order valence-electron chi connectivity index (χ3n) is 5.07. The molecule has 0 saturated carbocycles. The number of nitrogens with zero attached hydrogens (tertiary/aromatic N) is 1. The molecule has 29 heavy (non-hydrogen) atoms. The first-order chi connectivity index (χ1) is 14.0. The lowest BCUT2D eigenvalue weighted by atomic mass is 10.1. The molecule has 1 amide bonds. The van der Waals surface area contributed by atoms with E-state index in [0.717, 1.165) is 22.2 Å². The number of benzene rings is 2. The van der Waals surface area contributed by atoms with E-state index in [1.165, 1.54) is 0 Å². The lowest BCUT2D eigenvalue weighted by molar-refractivity contribution is -0.138. The summed E-state index contributed by atoms with van der Waals surface area (Å²) >= 11 is 0. The van der Waals surface area contributed by atoms with Crippen molar-refractivity contribution in [1.29, 1.82) is 0 Å². The molecule has 0 spiro atoms. The van der Waals surface area contributed by atoms with Gasteiger partial charge in [0.05, 0.1) is 11.7 Å². The summed E-state index contributed by atoms with van der Waals surface area (Å²) in [5.74, 6) is -1.34. The maximum absolute atomic E-state index is 11.9. The zero-order chi connectivity index (χ0) is 20.8. The summed E-state index contributed by atoms with van der Waals surface area (Å²) < 4.78 is 0. The summed E-state index contributed by atoms with van der Waals surface area (Å²) in [5, 5.41) is 13.7. The van der Waals surface area contributed by atoms with Gasteiger partial charge in [-0.3, -0.25) is 4.79 Å². The molecule has 2 aromatic carbocycles. The van der Waals surface area contributed by atoms with Crippen LogP contribution in [0.2, 0.25) is 0 Å². The Morgan fingerprint density at radius 3 is 2.52 bits per heavy atom. The average molecular weight is 394 g/mol. The number of aliphatic carboxylic acids is 1. The number of fused-ring (bicyclic) bond motifs is 1. The minimum absolute atomic E-state index is 0.411. The number of nitrogens with one attached hydrogen (secondary N) is 2. The molecular formula is C22H26N4O3. The Labute approximate surface area is 169 Å². The first-order valence-corrected chi connectivity index (χ1v) is 9.59. The Bertz CT molecular complexity index is 970. The van der Waals surface area contributed by atoms with Gasteiger partial charge in [-0.05, 0) is 25.0 Å². The number of rotatable bonds is 10. The van der Waals surface area contributed by atoms with Crippen LogP contribution in [0.4, 0.5) is 5.69 Å². The third-order valence-corrected chi connectivity index (χ3v) is 5.07. The molecule has 0 radical (unpaired) electrons. The summed E-state index contributed by atoms with van der Waals surface area (Å²) in [5.41, 5.74) is 8.33. The Morgan fingerprint density at radius 1 is 1.14 bits per heavy atom. The van der Waals surface area contributed by atoms with Crippen LogP contribution in [0, 0.1) is 0 Å². The fourth-order valence-corrected chi connectivity index (χ4v) is 3.43. The number of carbonyl (C=O) groups excluding carboxylic acids is 1. The van der Waals surface area contributed by atoms with Crippen LogP contribution in [0.5, 0.6) is 0 Å². The molecule has 0 aliphatic heterocycles. The molecule has 0 bridgehead atoms. The van der Waals surface area contributed by atoms with Crippen molar-refractivity contribution in [2.45, 2.75) is 25.4 Å². The van der Waals surface area contributed by atoms with Crippen molar-refractivity contribution < 1.29 is 14.7 Å². The summed E-state index contributed by atoms with van der Waals surface area (Å²) in [6.45, 7) is 2.48. The number of anilines is 1. The minimum Gasteiger partial charge on any atom is -0.480 e. The molecule has 3 aromatic rings. The molecule has 0 aliphatic carbocycles. The van der Waals surface area contributed by atoms with Crippen LogP contribution in [0.25, 0.3) is 10.9 Å². The van der Waals surface area contributed by atoms with Crippen LogP contribution in [0.3, 0.4) is 0 Å². The van der Waals surface area contributed by atoms with Gasteiger partial charge in [-0.1, -0.05) is 48.5 Å². The Hall–Kier alpha value is -3.32. The zero-order valence-corrected chi connectivity index (χ0v) is 16.3. The highest BCUT2D eigenvalue weighted by molar-refractivity contribution is 5.94. The number of carbonyl (C=O) groups is 2. The lowest BCUT2D eigenvalue weighted by Crippen LogP contribution is -2.48. The summed E-state index contributed by atoms with van der Waals surface area (Å²) in [7, 11) is 0. The van der Waals surface area contributed by atoms with E-state index in [0.29, 0.717) is 19.5 Å². The number of amides is 1. The number of aromatic nitrogens is 1. The van der Waals surface area contributed by atoms with Gasteiger partial charge in [0.1, 0.15) is 6.04 Å². The number of para-hydroxylation sites is 1. The molecule has 1 aromatic heterocycles. The molecule has 0 fully saturated rings. The van der Waals surface area contributed by atoms with E-state index in [1.807, 2.05) is 65.7 Å². The lowest BCUT2D eigenvalue weighted by Gasteiger charge is -2.29. The van der Waals surface area contributed by atoms with Crippen molar-refractivity contribution in [3.63, 3.8) is 0 Å². The second-order valence-electron chi connectivity index (χ2n) is 7.03. The standard InChI is InChI=1S/C22H26N4O3/c1-15(22(28)29)26(20-14-25-18-10-6-5-9-17(18)20)12-11-24-19(21(23)27)13-16-7-3-2-4-8-16/h2-10,14-15,19,24-25H,11-13H2,1H3,(H2,23,27)(H,28,29)/t15-,19?/m0/s1. The molecular weight excluding hydrogens is 368 g/mol. The normalized spacial score (nSPS) is 13.1. The molecule has 0 aliphatic rings. The fraction of sp³-hybridized carbons (Fsp3) is 0.273. The highest BCUT2D eigenvalue weighted by Crippen LogP contribution is 2.27. The molecule has 7 heteroatoms. The van der Waals surface area contributed by atoms with Gasteiger partial charge >= 0.3 is 5.97 Å². The molecule has 0 saturated heterocycles. The minimum atomic E-state index is -0.911. The molecule has 5 N–H and O–H groups in total. The van der Waals surface area contributed by atoms with Gasteiger partial charge in [-0.25, -0.2) is 4.79 Å². The van der Waals surface area contributed by atoms with Gasteiger partial charge in [-0.15, -0.1) is 0 Å². The van der Waals surface area contributed by atoms with E-state index in [1.54, 1.807) is 6.92 Å². The van der Waals surface area contributed by atoms with Crippen LogP contribution in [-0.4, -0.2) is 47.1 Å². The van der Waals surface area contributed by atoms with Crippen LogP contribution in [-0.2, 0) is 16.0 Å². The van der Waals surface area contributed by atoms with Crippen LogP contribution in [0.15, 0.2) is 60.8 Å². The molecule has 3 rings (SSSR count). The molecule has 1 heterocycles. The van der Waals surface area contributed by atoms with Crippen molar-refractivity contribution in [1.82, 2.24) is 10.3 Å². The van der Waals surface area contributed by atoms with E-state index < -0.39 is 24.0 Å². The number of H-pyrrole nitrogens is 1.